The summed E-state index contributed by atoms with van der Waals surface area (Å²) in [4.78, 5) is 20.0. The molecule has 138 valence electrons. The summed E-state index contributed by atoms with van der Waals surface area (Å²) in [5.41, 5.74) is 2.47. The zero-order valence-electron chi connectivity index (χ0n) is 14.9. The molecule has 0 radical (unpaired) electrons. The third kappa shape index (κ3) is 2.77. The van der Waals surface area contributed by atoms with Crippen LogP contribution in [0.5, 0.6) is 11.6 Å². The predicted octanol–water partition coefficient (Wildman–Crippen LogP) is 4.25. The van der Waals surface area contributed by atoms with Gasteiger partial charge in [0.05, 0.1) is 34.9 Å². The van der Waals surface area contributed by atoms with Crippen LogP contribution in [0.4, 0.5) is 0 Å². The van der Waals surface area contributed by atoms with E-state index in [1.165, 1.54) is 10.8 Å². The van der Waals surface area contributed by atoms with Crippen molar-refractivity contribution >= 4 is 16.8 Å². The van der Waals surface area contributed by atoms with Gasteiger partial charge in [-0.1, -0.05) is 13.8 Å². The summed E-state index contributed by atoms with van der Waals surface area (Å²) in [6.07, 6.45) is 3.30. The number of ketones is 1. The highest BCUT2D eigenvalue weighted by Gasteiger charge is 2.30. The van der Waals surface area contributed by atoms with Crippen LogP contribution in [-0.4, -0.2) is 30.5 Å². The Bertz CT molecular complexity index is 1120. The molecule has 3 aromatic heterocycles. The lowest BCUT2D eigenvalue weighted by Gasteiger charge is -2.10. The van der Waals surface area contributed by atoms with E-state index in [4.69, 9.17) is 4.42 Å². The van der Waals surface area contributed by atoms with Gasteiger partial charge in [0.2, 0.25) is 5.88 Å². The quantitative estimate of drug-likeness (QED) is 0.459. The van der Waals surface area contributed by atoms with Gasteiger partial charge in [0, 0.05) is 6.42 Å². The molecule has 0 saturated heterocycles. The van der Waals surface area contributed by atoms with Crippen molar-refractivity contribution in [3.63, 3.8) is 0 Å². The highest BCUT2D eigenvalue weighted by Crippen LogP contribution is 2.44. The minimum absolute atomic E-state index is 0.0563. The number of carbonyl (C=O) groups is 1. The maximum atomic E-state index is 12.8. The molecule has 7 heteroatoms. The van der Waals surface area contributed by atoms with Crippen molar-refractivity contribution in [3.8, 4) is 28.8 Å². The number of nitrogens with one attached hydrogen (secondary N) is 1. The topological polar surface area (TPSA) is 104 Å². The van der Waals surface area contributed by atoms with E-state index >= 15 is 0 Å². The molecule has 27 heavy (non-hydrogen) atoms. The SMILES string of the molecule is CC(C)CC(=O)c1c(O)c(O)n(-c2ccc3nc[nH]c3c2)c1-c1ccco1. The molecule has 0 aliphatic rings. The Morgan fingerprint density at radius 2 is 2.11 bits per heavy atom. The zero-order valence-corrected chi connectivity index (χ0v) is 14.9. The Kier molecular flexibility index (Phi) is 3.99. The summed E-state index contributed by atoms with van der Waals surface area (Å²) in [6.45, 7) is 3.84. The van der Waals surface area contributed by atoms with E-state index in [0.29, 0.717) is 17.1 Å². The fourth-order valence-electron chi connectivity index (χ4n) is 3.25. The van der Waals surface area contributed by atoms with Crippen LogP contribution in [0.15, 0.2) is 47.3 Å². The molecule has 0 spiro atoms. The predicted molar refractivity (Wildman–Crippen MR) is 100 cm³/mol. The van der Waals surface area contributed by atoms with Gasteiger partial charge < -0.3 is 19.6 Å². The number of rotatable bonds is 5. The maximum absolute atomic E-state index is 12.8. The molecule has 3 N–H and O–H groups in total. The number of hydrogen-bond acceptors (Lipinski definition) is 5. The van der Waals surface area contributed by atoms with E-state index in [1.807, 2.05) is 13.8 Å². The molecule has 0 bridgehead atoms. The van der Waals surface area contributed by atoms with E-state index in [-0.39, 0.29) is 23.7 Å². The number of aromatic amines is 1. The monoisotopic (exact) mass is 365 g/mol. The van der Waals surface area contributed by atoms with E-state index in [0.717, 1.165) is 11.0 Å². The van der Waals surface area contributed by atoms with Crippen LogP contribution < -0.4 is 0 Å². The smallest absolute Gasteiger partial charge is 0.240 e. The molecule has 0 amide bonds. The number of aromatic nitrogens is 3. The Balaban J connectivity index is 1.99. The summed E-state index contributed by atoms with van der Waals surface area (Å²) in [5.74, 6) is -0.634. The molecular formula is C20H19N3O4. The molecule has 3 heterocycles. The first kappa shape index (κ1) is 17.0. The van der Waals surface area contributed by atoms with Gasteiger partial charge in [-0.3, -0.25) is 9.36 Å². The third-order valence-corrected chi connectivity index (χ3v) is 4.41. The van der Waals surface area contributed by atoms with Crippen LogP contribution in [0, 0.1) is 5.92 Å². The van der Waals surface area contributed by atoms with Crippen molar-refractivity contribution in [1.29, 1.82) is 0 Å². The standard InChI is InChI=1S/C20H19N3O4/c1-11(2)8-15(24)17-18(16-4-3-7-27-16)23(20(26)19(17)25)12-5-6-13-14(9-12)22-10-21-13/h3-7,9-11,25-26H,8H2,1-2H3,(H,21,22). The summed E-state index contributed by atoms with van der Waals surface area (Å²) < 4.78 is 6.92. The Morgan fingerprint density at radius 3 is 2.81 bits per heavy atom. The number of hydrogen-bond donors (Lipinski definition) is 3. The molecule has 0 aliphatic heterocycles. The maximum Gasteiger partial charge on any atom is 0.240 e. The van der Waals surface area contributed by atoms with Gasteiger partial charge in [-0.25, -0.2) is 4.98 Å². The fourth-order valence-corrected chi connectivity index (χ4v) is 3.25. The molecule has 4 aromatic rings. The average molecular weight is 365 g/mol. The van der Waals surface area contributed by atoms with Crippen molar-refractivity contribution in [2.24, 2.45) is 5.92 Å². The zero-order chi connectivity index (χ0) is 19.1. The molecule has 1 aromatic carbocycles. The summed E-state index contributed by atoms with van der Waals surface area (Å²) in [6, 6.07) is 8.70. The number of benzene rings is 1. The van der Waals surface area contributed by atoms with Crippen LogP contribution in [0.2, 0.25) is 0 Å². The summed E-state index contributed by atoms with van der Waals surface area (Å²) in [7, 11) is 0. The van der Waals surface area contributed by atoms with Crippen molar-refractivity contribution in [2.45, 2.75) is 20.3 Å². The first-order valence-corrected chi connectivity index (χ1v) is 8.64. The van der Waals surface area contributed by atoms with Crippen LogP contribution >= 0.6 is 0 Å². The minimum Gasteiger partial charge on any atom is -0.503 e. The fraction of sp³-hybridized carbons (Fsp3) is 0.200. The second-order valence-electron chi connectivity index (χ2n) is 6.83. The summed E-state index contributed by atoms with van der Waals surface area (Å²) >= 11 is 0. The molecule has 0 saturated carbocycles. The number of H-pyrrole nitrogens is 1. The van der Waals surface area contributed by atoms with Gasteiger partial charge in [-0.15, -0.1) is 0 Å². The molecule has 0 aliphatic carbocycles. The average Bonchev–Trinajstić information content (AvgIpc) is 3.34. The number of imidazole rings is 1. The second kappa shape index (κ2) is 6.35. The third-order valence-electron chi connectivity index (χ3n) is 4.41. The van der Waals surface area contributed by atoms with Crippen LogP contribution in [-0.2, 0) is 0 Å². The van der Waals surface area contributed by atoms with Crippen molar-refractivity contribution < 1.29 is 19.4 Å². The Labute approximate surface area is 154 Å². The van der Waals surface area contributed by atoms with E-state index in [9.17, 15) is 15.0 Å². The molecule has 0 fully saturated rings. The van der Waals surface area contributed by atoms with Crippen molar-refractivity contribution in [3.05, 3.63) is 48.5 Å². The number of nitrogens with zero attached hydrogens (tertiary/aromatic N) is 2. The number of fused-ring (bicyclic) bond motifs is 1. The van der Waals surface area contributed by atoms with Crippen molar-refractivity contribution in [2.75, 3.05) is 0 Å². The van der Waals surface area contributed by atoms with Gasteiger partial charge in [0.1, 0.15) is 5.69 Å². The van der Waals surface area contributed by atoms with Gasteiger partial charge >= 0.3 is 0 Å². The van der Waals surface area contributed by atoms with Gasteiger partial charge in [0.15, 0.2) is 17.3 Å². The van der Waals surface area contributed by atoms with Crippen LogP contribution in [0.25, 0.3) is 28.2 Å². The lowest BCUT2D eigenvalue weighted by Crippen LogP contribution is -2.06. The van der Waals surface area contributed by atoms with Crippen LogP contribution in [0.3, 0.4) is 0 Å². The lowest BCUT2D eigenvalue weighted by molar-refractivity contribution is 0.0965. The molecular weight excluding hydrogens is 346 g/mol. The highest BCUT2D eigenvalue weighted by molar-refractivity contribution is 6.05. The van der Waals surface area contributed by atoms with Gasteiger partial charge in [0.25, 0.3) is 0 Å². The number of Topliss-reactive ketones (excluding diaryl/α,β-unsaturated/α-hetero) is 1. The number of furan rings is 1. The molecule has 0 atom stereocenters. The second-order valence-corrected chi connectivity index (χ2v) is 6.83. The van der Waals surface area contributed by atoms with Crippen molar-refractivity contribution in [1.82, 2.24) is 14.5 Å². The summed E-state index contributed by atoms with van der Waals surface area (Å²) in [5, 5.41) is 21.2. The van der Waals surface area contributed by atoms with E-state index in [2.05, 4.69) is 9.97 Å². The number of aromatic hydroxyl groups is 2. The highest BCUT2D eigenvalue weighted by atomic mass is 16.3. The Hall–Kier alpha value is -3.48. The first-order chi connectivity index (χ1) is 13.0. The van der Waals surface area contributed by atoms with Gasteiger partial charge in [-0.05, 0) is 36.2 Å². The van der Waals surface area contributed by atoms with E-state index in [1.54, 1.807) is 36.7 Å². The molecule has 0 unspecified atom stereocenters. The minimum atomic E-state index is -0.447. The van der Waals surface area contributed by atoms with E-state index < -0.39 is 11.6 Å². The first-order valence-electron chi connectivity index (χ1n) is 8.64. The Morgan fingerprint density at radius 1 is 1.30 bits per heavy atom. The normalized spacial score (nSPS) is 11.5. The van der Waals surface area contributed by atoms with Crippen LogP contribution in [0.1, 0.15) is 30.6 Å². The largest absolute Gasteiger partial charge is 0.503 e. The molecule has 4 rings (SSSR count). The lowest BCUT2D eigenvalue weighted by atomic mass is 10.00. The van der Waals surface area contributed by atoms with Gasteiger partial charge in [-0.2, -0.15) is 0 Å². The number of carbonyl (C=O) groups excluding carboxylic acids is 1. The molecule has 7 nitrogen and oxygen atoms in total.